The molecule has 114 valence electrons. The zero-order valence-corrected chi connectivity index (χ0v) is 12.4. The normalized spacial score (nSPS) is 10.3. The fraction of sp³-hybridized carbons (Fsp3) is 0.0556. The summed E-state index contributed by atoms with van der Waals surface area (Å²) in [7, 11) is 0. The SMILES string of the molecule is Cc1ccc(-c2ccc(OC(=O)c3ccc(F)cc3)nn2)cc1. The van der Waals surface area contributed by atoms with Gasteiger partial charge < -0.3 is 4.74 Å². The van der Waals surface area contributed by atoms with Crippen molar-refractivity contribution in [1.82, 2.24) is 10.2 Å². The van der Waals surface area contributed by atoms with Crippen LogP contribution in [0.1, 0.15) is 15.9 Å². The van der Waals surface area contributed by atoms with Gasteiger partial charge in [-0.2, -0.15) is 0 Å². The van der Waals surface area contributed by atoms with Crippen LogP contribution in [-0.4, -0.2) is 16.2 Å². The van der Waals surface area contributed by atoms with E-state index >= 15 is 0 Å². The van der Waals surface area contributed by atoms with Crippen molar-refractivity contribution in [2.24, 2.45) is 0 Å². The predicted molar refractivity (Wildman–Crippen MR) is 83.6 cm³/mol. The molecular formula is C18H13FN2O2. The quantitative estimate of drug-likeness (QED) is 0.690. The minimum Gasteiger partial charge on any atom is -0.402 e. The maximum absolute atomic E-state index is 12.8. The Labute approximate surface area is 132 Å². The molecule has 0 saturated carbocycles. The van der Waals surface area contributed by atoms with Crippen molar-refractivity contribution in [1.29, 1.82) is 0 Å². The molecule has 0 aliphatic rings. The van der Waals surface area contributed by atoms with Crippen molar-refractivity contribution in [2.45, 2.75) is 6.92 Å². The van der Waals surface area contributed by atoms with E-state index in [0.29, 0.717) is 5.69 Å². The van der Waals surface area contributed by atoms with E-state index in [9.17, 15) is 9.18 Å². The summed E-state index contributed by atoms with van der Waals surface area (Å²) in [6.45, 7) is 2.01. The first-order chi connectivity index (χ1) is 11.1. The highest BCUT2D eigenvalue weighted by atomic mass is 19.1. The van der Waals surface area contributed by atoms with Crippen LogP contribution in [0.5, 0.6) is 5.88 Å². The van der Waals surface area contributed by atoms with Gasteiger partial charge >= 0.3 is 5.97 Å². The Morgan fingerprint density at radius 2 is 1.61 bits per heavy atom. The number of aromatic nitrogens is 2. The standard InChI is InChI=1S/C18H13FN2O2/c1-12-2-4-13(5-3-12)16-10-11-17(21-20-16)23-18(22)14-6-8-15(19)9-7-14/h2-11H,1H3. The number of esters is 1. The molecule has 3 rings (SSSR count). The Morgan fingerprint density at radius 1 is 0.913 bits per heavy atom. The van der Waals surface area contributed by atoms with E-state index in [2.05, 4.69) is 10.2 Å². The van der Waals surface area contributed by atoms with Crippen LogP contribution in [0.4, 0.5) is 4.39 Å². The van der Waals surface area contributed by atoms with Gasteiger partial charge in [0.05, 0.1) is 11.3 Å². The number of ether oxygens (including phenoxy) is 1. The summed E-state index contributed by atoms with van der Waals surface area (Å²) < 4.78 is 17.9. The third-order valence-corrected chi connectivity index (χ3v) is 3.26. The average Bonchev–Trinajstić information content (AvgIpc) is 2.57. The number of hydrogen-bond acceptors (Lipinski definition) is 4. The molecule has 3 aromatic rings. The fourth-order valence-electron chi connectivity index (χ4n) is 1.99. The number of carbonyl (C=O) groups is 1. The molecular weight excluding hydrogens is 295 g/mol. The van der Waals surface area contributed by atoms with Crippen molar-refractivity contribution < 1.29 is 13.9 Å². The van der Waals surface area contributed by atoms with E-state index in [1.807, 2.05) is 31.2 Å². The number of rotatable bonds is 3. The first-order valence-corrected chi connectivity index (χ1v) is 7.00. The number of nitrogens with zero attached hydrogens (tertiary/aromatic N) is 2. The molecule has 0 saturated heterocycles. The van der Waals surface area contributed by atoms with Gasteiger partial charge in [0.15, 0.2) is 0 Å². The van der Waals surface area contributed by atoms with Gasteiger partial charge in [-0.05, 0) is 37.3 Å². The minimum atomic E-state index is -0.609. The largest absolute Gasteiger partial charge is 0.402 e. The summed E-state index contributed by atoms with van der Waals surface area (Å²) in [4.78, 5) is 11.9. The summed E-state index contributed by atoms with van der Waals surface area (Å²) in [6.07, 6.45) is 0. The summed E-state index contributed by atoms with van der Waals surface area (Å²) in [5.74, 6) is -0.929. The van der Waals surface area contributed by atoms with Crippen LogP contribution in [0.2, 0.25) is 0 Å². The molecule has 2 aromatic carbocycles. The molecule has 0 radical (unpaired) electrons. The highest BCUT2D eigenvalue weighted by molar-refractivity contribution is 5.90. The lowest BCUT2D eigenvalue weighted by Crippen LogP contribution is -2.09. The van der Waals surface area contributed by atoms with Gasteiger partial charge in [0, 0.05) is 11.6 Å². The van der Waals surface area contributed by atoms with Crippen LogP contribution in [0.25, 0.3) is 11.3 Å². The second-order valence-electron chi connectivity index (χ2n) is 5.02. The van der Waals surface area contributed by atoms with Gasteiger partial charge in [-0.15, -0.1) is 10.2 Å². The molecule has 0 fully saturated rings. The van der Waals surface area contributed by atoms with Gasteiger partial charge in [-0.1, -0.05) is 29.8 Å². The molecule has 0 amide bonds. The van der Waals surface area contributed by atoms with Gasteiger partial charge in [0.1, 0.15) is 5.82 Å². The number of carbonyl (C=O) groups excluding carboxylic acids is 1. The highest BCUT2D eigenvalue weighted by Crippen LogP contribution is 2.18. The summed E-state index contributed by atoms with van der Waals surface area (Å²) >= 11 is 0. The second kappa shape index (κ2) is 6.36. The Balaban J connectivity index is 1.73. The van der Waals surface area contributed by atoms with Gasteiger partial charge in [-0.25, -0.2) is 9.18 Å². The van der Waals surface area contributed by atoms with Gasteiger partial charge in [-0.3, -0.25) is 0 Å². The van der Waals surface area contributed by atoms with Gasteiger partial charge in [0.2, 0.25) is 5.88 Å². The first kappa shape index (κ1) is 14.8. The lowest BCUT2D eigenvalue weighted by Gasteiger charge is -2.04. The molecule has 5 heteroatoms. The maximum atomic E-state index is 12.8. The van der Waals surface area contributed by atoms with Crippen molar-refractivity contribution in [2.75, 3.05) is 0 Å². The molecule has 0 N–H and O–H groups in total. The van der Waals surface area contributed by atoms with E-state index in [1.54, 1.807) is 12.1 Å². The zero-order chi connectivity index (χ0) is 16.2. The summed E-state index contributed by atoms with van der Waals surface area (Å²) in [5, 5.41) is 7.95. The van der Waals surface area contributed by atoms with Crippen LogP contribution in [0, 0.1) is 12.7 Å². The lowest BCUT2D eigenvalue weighted by atomic mass is 10.1. The molecule has 1 aromatic heterocycles. The first-order valence-electron chi connectivity index (χ1n) is 7.00. The molecule has 0 aliphatic heterocycles. The second-order valence-corrected chi connectivity index (χ2v) is 5.02. The molecule has 0 unspecified atom stereocenters. The van der Waals surface area contributed by atoms with Crippen molar-refractivity contribution in [3.63, 3.8) is 0 Å². The summed E-state index contributed by atoms with van der Waals surface area (Å²) in [5.41, 5.74) is 3.02. The summed E-state index contributed by atoms with van der Waals surface area (Å²) in [6, 6.07) is 16.3. The van der Waals surface area contributed by atoms with Crippen LogP contribution >= 0.6 is 0 Å². The third kappa shape index (κ3) is 3.58. The Kier molecular flexibility index (Phi) is 4.10. The Hall–Kier alpha value is -3.08. The minimum absolute atomic E-state index is 0.0928. The Morgan fingerprint density at radius 3 is 2.22 bits per heavy atom. The topological polar surface area (TPSA) is 52.1 Å². The molecule has 0 atom stereocenters. The number of hydrogen-bond donors (Lipinski definition) is 0. The lowest BCUT2D eigenvalue weighted by molar-refractivity contribution is 0.0726. The zero-order valence-electron chi connectivity index (χ0n) is 12.4. The van der Waals surface area contributed by atoms with E-state index in [4.69, 9.17) is 4.74 Å². The number of aryl methyl sites for hydroxylation is 1. The van der Waals surface area contributed by atoms with E-state index in [1.165, 1.54) is 24.3 Å². The molecule has 0 bridgehead atoms. The smallest absolute Gasteiger partial charge is 0.344 e. The van der Waals surface area contributed by atoms with Crippen molar-refractivity contribution in [3.05, 3.63) is 77.6 Å². The van der Waals surface area contributed by atoms with Crippen LogP contribution in [0.15, 0.2) is 60.7 Å². The van der Waals surface area contributed by atoms with Crippen LogP contribution < -0.4 is 4.74 Å². The molecule has 1 heterocycles. The fourth-order valence-corrected chi connectivity index (χ4v) is 1.99. The van der Waals surface area contributed by atoms with E-state index in [-0.39, 0.29) is 11.4 Å². The molecule has 4 nitrogen and oxygen atoms in total. The molecule has 23 heavy (non-hydrogen) atoms. The van der Waals surface area contributed by atoms with E-state index < -0.39 is 11.8 Å². The van der Waals surface area contributed by atoms with Crippen LogP contribution in [-0.2, 0) is 0 Å². The van der Waals surface area contributed by atoms with Gasteiger partial charge in [0.25, 0.3) is 0 Å². The Bertz CT molecular complexity index is 813. The molecule has 0 aliphatic carbocycles. The molecule has 0 spiro atoms. The monoisotopic (exact) mass is 308 g/mol. The van der Waals surface area contributed by atoms with Crippen molar-refractivity contribution >= 4 is 5.97 Å². The van der Waals surface area contributed by atoms with Crippen LogP contribution in [0.3, 0.4) is 0 Å². The number of benzene rings is 2. The number of halogens is 1. The average molecular weight is 308 g/mol. The third-order valence-electron chi connectivity index (χ3n) is 3.26. The predicted octanol–water partition coefficient (Wildman–Crippen LogP) is 3.81. The maximum Gasteiger partial charge on any atom is 0.344 e. The highest BCUT2D eigenvalue weighted by Gasteiger charge is 2.10. The van der Waals surface area contributed by atoms with E-state index in [0.717, 1.165) is 11.1 Å². The van der Waals surface area contributed by atoms with Crippen molar-refractivity contribution in [3.8, 4) is 17.1 Å².